The Morgan fingerprint density at radius 1 is 0.459 bits per heavy atom. The van der Waals surface area contributed by atoms with Gasteiger partial charge < -0.3 is 4.90 Å². The van der Waals surface area contributed by atoms with E-state index in [4.69, 9.17) is 0 Å². The van der Waals surface area contributed by atoms with Crippen molar-refractivity contribution in [1.82, 2.24) is 0 Å². The van der Waals surface area contributed by atoms with E-state index in [1.54, 1.807) is 0 Å². The summed E-state index contributed by atoms with van der Waals surface area (Å²) in [7, 11) is 0. The highest BCUT2D eigenvalue weighted by molar-refractivity contribution is 9.10. The first-order valence-electron chi connectivity index (χ1n) is 12.6. The Morgan fingerprint density at radius 2 is 1.11 bits per heavy atom. The summed E-state index contributed by atoms with van der Waals surface area (Å²) in [6, 6.07) is 49.0. The predicted octanol–water partition coefficient (Wildman–Crippen LogP) is 9.75. The van der Waals surface area contributed by atoms with Crippen LogP contribution in [0.25, 0.3) is 21.9 Å². The SMILES string of the molecule is Brc1ccc2c(c1)N(c1ccccc1)c1ccccc1C21c2ccccc2-c2cc3ccccc3cc21. The van der Waals surface area contributed by atoms with Crippen LogP contribution in [0.4, 0.5) is 17.1 Å². The second kappa shape index (κ2) is 7.68. The van der Waals surface area contributed by atoms with Gasteiger partial charge in [0.2, 0.25) is 0 Å². The van der Waals surface area contributed by atoms with Gasteiger partial charge in [-0.25, -0.2) is 0 Å². The molecule has 6 aromatic rings. The molecule has 174 valence electrons. The van der Waals surface area contributed by atoms with Gasteiger partial charge in [-0.05, 0) is 86.6 Å². The van der Waals surface area contributed by atoms with Gasteiger partial charge in [0.25, 0.3) is 0 Å². The van der Waals surface area contributed by atoms with Crippen molar-refractivity contribution in [2.75, 3.05) is 4.90 Å². The summed E-state index contributed by atoms with van der Waals surface area (Å²) < 4.78 is 1.08. The molecular weight excluding hydrogens is 514 g/mol. The van der Waals surface area contributed by atoms with Crippen molar-refractivity contribution in [2.24, 2.45) is 0 Å². The lowest BCUT2D eigenvalue weighted by molar-refractivity contribution is 0.753. The minimum absolute atomic E-state index is 0.409. The standard InChI is InChI=1S/C35H22BrN/c36-25-18-19-31-34(22-25)37(26-12-2-1-3-13-26)33-17-9-8-16-30(33)35(31)29-15-7-6-14-27(29)28-20-23-10-4-5-11-24(23)21-32(28)35/h1-22H. The lowest BCUT2D eigenvalue weighted by Crippen LogP contribution is -2.36. The zero-order chi connectivity index (χ0) is 24.6. The van der Waals surface area contributed by atoms with E-state index in [0.29, 0.717) is 0 Å². The second-order valence-electron chi connectivity index (χ2n) is 9.89. The molecular formula is C35H22BrN. The van der Waals surface area contributed by atoms with Crippen molar-refractivity contribution in [1.29, 1.82) is 0 Å². The topological polar surface area (TPSA) is 3.24 Å². The minimum Gasteiger partial charge on any atom is -0.310 e. The third-order valence-electron chi connectivity index (χ3n) is 8.08. The van der Waals surface area contributed by atoms with Crippen molar-refractivity contribution < 1.29 is 0 Å². The molecule has 1 aliphatic heterocycles. The van der Waals surface area contributed by atoms with Crippen molar-refractivity contribution in [2.45, 2.75) is 5.41 Å². The summed E-state index contributed by atoms with van der Waals surface area (Å²) in [6.45, 7) is 0. The minimum atomic E-state index is -0.409. The fraction of sp³-hybridized carbons (Fsp3) is 0.0286. The first kappa shape index (κ1) is 21.0. The van der Waals surface area contributed by atoms with E-state index in [9.17, 15) is 0 Å². The Hall–Kier alpha value is -4.14. The number of nitrogens with zero attached hydrogens (tertiary/aromatic N) is 1. The van der Waals surface area contributed by atoms with E-state index in [-0.39, 0.29) is 0 Å². The summed E-state index contributed by atoms with van der Waals surface area (Å²) in [5.41, 5.74) is 11.1. The fourth-order valence-corrected chi connectivity index (χ4v) is 7.02. The molecule has 0 bridgehead atoms. The number of para-hydroxylation sites is 2. The average Bonchev–Trinajstić information content (AvgIpc) is 3.22. The number of fused-ring (bicyclic) bond motifs is 10. The lowest BCUT2D eigenvalue weighted by Gasteiger charge is -2.45. The molecule has 8 rings (SSSR count). The monoisotopic (exact) mass is 535 g/mol. The van der Waals surface area contributed by atoms with Crippen LogP contribution < -0.4 is 4.90 Å². The maximum absolute atomic E-state index is 3.80. The molecule has 0 saturated carbocycles. The molecule has 1 heterocycles. The molecule has 1 nitrogen and oxygen atoms in total. The van der Waals surface area contributed by atoms with Crippen LogP contribution in [0.15, 0.2) is 138 Å². The largest absolute Gasteiger partial charge is 0.310 e. The number of halogens is 1. The molecule has 1 atom stereocenters. The number of rotatable bonds is 1. The van der Waals surface area contributed by atoms with Gasteiger partial charge in [-0.3, -0.25) is 0 Å². The van der Waals surface area contributed by atoms with Crippen LogP contribution in [0.5, 0.6) is 0 Å². The van der Waals surface area contributed by atoms with Crippen LogP contribution in [-0.4, -0.2) is 0 Å². The van der Waals surface area contributed by atoms with Crippen LogP contribution in [0.1, 0.15) is 22.3 Å². The summed E-state index contributed by atoms with van der Waals surface area (Å²) in [6.07, 6.45) is 0. The molecule has 2 aliphatic rings. The maximum atomic E-state index is 3.80. The van der Waals surface area contributed by atoms with E-state index in [2.05, 4.69) is 154 Å². The van der Waals surface area contributed by atoms with E-state index in [1.165, 1.54) is 55.5 Å². The second-order valence-corrected chi connectivity index (χ2v) is 10.8. The van der Waals surface area contributed by atoms with Crippen LogP contribution >= 0.6 is 15.9 Å². The molecule has 0 amide bonds. The molecule has 0 radical (unpaired) electrons. The summed E-state index contributed by atoms with van der Waals surface area (Å²) >= 11 is 3.80. The van der Waals surface area contributed by atoms with Gasteiger partial charge in [0, 0.05) is 10.2 Å². The van der Waals surface area contributed by atoms with E-state index < -0.39 is 5.41 Å². The summed E-state index contributed by atoms with van der Waals surface area (Å²) in [4.78, 5) is 2.42. The van der Waals surface area contributed by atoms with E-state index in [1.807, 2.05) is 0 Å². The first-order valence-corrected chi connectivity index (χ1v) is 13.4. The highest BCUT2D eigenvalue weighted by Gasteiger charge is 2.51. The average molecular weight is 536 g/mol. The number of benzene rings is 6. The molecule has 0 N–H and O–H groups in total. The summed E-state index contributed by atoms with van der Waals surface area (Å²) in [5, 5.41) is 2.55. The third kappa shape index (κ3) is 2.74. The zero-order valence-corrected chi connectivity index (χ0v) is 21.6. The summed E-state index contributed by atoms with van der Waals surface area (Å²) in [5.74, 6) is 0. The lowest BCUT2D eigenvalue weighted by atomic mass is 9.64. The predicted molar refractivity (Wildman–Crippen MR) is 157 cm³/mol. The van der Waals surface area contributed by atoms with Gasteiger partial charge in [0.1, 0.15) is 0 Å². The van der Waals surface area contributed by atoms with Gasteiger partial charge in [-0.1, -0.05) is 107 Å². The first-order chi connectivity index (χ1) is 18.3. The van der Waals surface area contributed by atoms with Crippen LogP contribution in [-0.2, 0) is 5.41 Å². The Balaban J connectivity index is 1.57. The van der Waals surface area contributed by atoms with E-state index in [0.717, 1.165) is 10.2 Å². The molecule has 1 unspecified atom stereocenters. The highest BCUT2D eigenvalue weighted by atomic mass is 79.9. The van der Waals surface area contributed by atoms with Gasteiger partial charge in [0.15, 0.2) is 0 Å². The normalized spacial score (nSPS) is 16.8. The fourth-order valence-electron chi connectivity index (χ4n) is 6.67. The van der Waals surface area contributed by atoms with E-state index >= 15 is 0 Å². The molecule has 0 saturated heterocycles. The Kier molecular flexibility index (Phi) is 4.36. The van der Waals surface area contributed by atoms with Gasteiger partial charge >= 0.3 is 0 Å². The van der Waals surface area contributed by atoms with Crippen molar-refractivity contribution in [3.8, 4) is 11.1 Å². The van der Waals surface area contributed by atoms with Crippen LogP contribution in [0, 0.1) is 0 Å². The van der Waals surface area contributed by atoms with Gasteiger partial charge in [-0.2, -0.15) is 0 Å². The molecule has 2 heteroatoms. The Bertz CT molecular complexity index is 1860. The zero-order valence-electron chi connectivity index (χ0n) is 20.0. The number of hydrogen-bond donors (Lipinski definition) is 0. The Morgan fingerprint density at radius 3 is 1.95 bits per heavy atom. The molecule has 0 fully saturated rings. The van der Waals surface area contributed by atoms with Crippen molar-refractivity contribution >= 4 is 43.8 Å². The van der Waals surface area contributed by atoms with Crippen molar-refractivity contribution in [3.05, 3.63) is 160 Å². The van der Waals surface area contributed by atoms with Gasteiger partial charge in [0.05, 0.1) is 16.8 Å². The quantitative estimate of drug-likeness (QED) is 0.202. The van der Waals surface area contributed by atoms with Crippen LogP contribution in [0.2, 0.25) is 0 Å². The smallest absolute Gasteiger partial charge is 0.0754 e. The number of anilines is 3. The molecule has 1 aliphatic carbocycles. The maximum Gasteiger partial charge on any atom is 0.0754 e. The van der Waals surface area contributed by atoms with Crippen LogP contribution in [0.3, 0.4) is 0 Å². The molecule has 37 heavy (non-hydrogen) atoms. The van der Waals surface area contributed by atoms with Gasteiger partial charge in [-0.15, -0.1) is 0 Å². The highest BCUT2D eigenvalue weighted by Crippen LogP contribution is 2.63. The molecule has 1 spiro atoms. The molecule has 0 aromatic heterocycles. The molecule has 6 aromatic carbocycles. The van der Waals surface area contributed by atoms with Crippen molar-refractivity contribution in [3.63, 3.8) is 0 Å². The number of hydrogen-bond acceptors (Lipinski definition) is 1. The Labute approximate surface area is 224 Å². The third-order valence-corrected chi connectivity index (χ3v) is 8.57.